The molecule has 5 nitrogen and oxygen atoms in total. The van der Waals surface area contributed by atoms with Gasteiger partial charge in [-0.25, -0.2) is 0 Å². The molecule has 0 amide bonds. The number of aliphatic imine (C=N–C) groups is 1. The highest BCUT2D eigenvalue weighted by atomic mass is 16.5. The van der Waals surface area contributed by atoms with E-state index in [0.717, 1.165) is 24.5 Å². The van der Waals surface area contributed by atoms with Crippen molar-refractivity contribution in [3.63, 3.8) is 0 Å². The van der Waals surface area contributed by atoms with Crippen LogP contribution >= 0.6 is 0 Å². The van der Waals surface area contributed by atoms with E-state index in [-0.39, 0.29) is 5.54 Å². The summed E-state index contributed by atoms with van der Waals surface area (Å²) in [4.78, 5) is 9.41. The third kappa shape index (κ3) is 1.77. The van der Waals surface area contributed by atoms with Crippen LogP contribution in [0.1, 0.15) is 12.8 Å². The topological polar surface area (TPSA) is 54.1 Å². The zero-order valence-corrected chi connectivity index (χ0v) is 12.5. The average molecular weight is 286 g/mol. The summed E-state index contributed by atoms with van der Waals surface area (Å²) in [5, 5.41) is 0. The Bertz CT molecular complexity index is 579. The van der Waals surface area contributed by atoms with E-state index >= 15 is 0 Å². The molecule has 1 aromatic rings. The molecule has 1 atom stereocenters. The number of nitrogens with zero attached hydrogens (tertiary/aromatic N) is 3. The third-order valence-corrected chi connectivity index (χ3v) is 5.36. The molecule has 4 aliphatic rings. The minimum atomic E-state index is 0.0230. The van der Waals surface area contributed by atoms with Crippen LogP contribution in [0.2, 0.25) is 0 Å². The number of benzene rings is 1. The maximum absolute atomic E-state index is 6.27. The van der Waals surface area contributed by atoms with Gasteiger partial charge in [-0.3, -0.25) is 9.89 Å². The van der Waals surface area contributed by atoms with Crippen molar-refractivity contribution < 1.29 is 4.74 Å². The molecule has 112 valence electrons. The van der Waals surface area contributed by atoms with Crippen LogP contribution in [0.4, 0.5) is 5.69 Å². The Morgan fingerprint density at radius 1 is 1.29 bits per heavy atom. The second-order valence-electron chi connectivity index (χ2n) is 6.34. The van der Waals surface area contributed by atoms with Gasteiger partial charge >= 0.3 is 0 Å². The van der Waals surface area contributed by atoms with E-state index in [1.807, 2.05) is 18.2 Å². The van der Waals surface area contributed by atoms with Crippen LogP contribution in [-0.4, -0.2) is 49.7 Å². The lowest BCUT2D eigenvalue weighted by Gasteiger charge is -2.55. The highest BCUT2D eigenvalue weighted by Crippen LogP contribution is 2.46. The fourth-order valence-corrected chi connectivity index (χ4v) is 4.34. The first-order valence-electron chi connectivity index (χ1n) is 7.70. The number of anilines is 1. The zero-order valence-electron chi connectivity index (χ0n) is 12.5. The first kappa shape index (κ1) is 13.0. The van der Waals surface area contributed by atoms with E-state index in [1.165, 1.54) is 25.9 Å². The van der Waals surface area contributed by atoms with Crippen molar-refractivity contribution in [2.45, 2.75) is 18.4 Å². The van der Waals surface area contributed by atoms with Gasteiger partial charge in [-0.05, 0) is 44.0 Å². The van der Waals surface area contributed by atoms with Gasteiger partial charge in [0.05, 0.1) is 24.9 Å². The molecule has 4 heterocycles. The SMILES string of the molecule is COc1ccccc1N1C(N)=NCC12CN1CCC2CC1. The Labute approximate surface area is 125 Å². The van der Waals surface area contributed by atoms with Crippen molar-refractivity contribution in [2.75, 3.05) is 38.2 Å². The maximum atomic E-state index is 6.27. The summed E-state index contributed by atoms with van der Waals surface area (Å²) < 4.78 is 5.55. The van der Waals surface area contributed by atoms with Crippen LogP contribution in [0.15, 0.2) is 29.3 Å². The molecule has 2 N–H and O–H groups in total. The number of guanidine groups is 1. The summed E-state index contributed by atoms with van der Waals surface area (Å²) in [7, 11) is 1.71. The molecule has 3 fully saturated rings. The largest absolute Gasteiger partial charge is 0.495 e. The smallest absolute Gasteiger partial charge is 0.196 e. The van der Waals surface area contributed by atoms with Crippen molar-refractivity contribution in [3.05, 3.63) is 24.3 Å². The zero-order chi connectivity index (χ0) is 14.4. The number of para-hydroxylation sites is 2. The summed E-state index contributed by atoms with van der Waals surface area (Å²) in [6, 6.07) is 8.12. The lowest BCUT2D eigenvalue weighted by molar-refractivity contribution is 0.0389. The summed E-state index contributed by atoms with van der Waals surface area (Å²) in [5.41, 5.74) is 7.35. The molecular weight excluding hydrogens is 264 g/mol. The molecule has 0 aliphatic carbocycles. The van der Waals surface area contributed by atoms with E-state index < -0.39 is 0 Å². The first-order chi connectivity index (χ1) is 10.2. The van der Waals surface area contributed by atoms with E-state index in [4.69, 9.17) is 10.5 Å². The number of piperidine rings is 3. The Balaban J connectivity index is 1.79. The van der Waals surface area contributed by atoms with Gasteiger partial charge in [0.15, 0.2) is 5.96 Å². The van der Waals surface area contributed by atoms with Gasteiger partial charge < -0.3 is 15.4 Å². The van der Waals surface area contributed by atoms with Gasteiger partial charge in [0.1, 0.15) is 5.75 Å². The molecule has 5 heteroatoms. The third-order valence-electron chi connectivity index (χ3n) is 5.36. The molecule has 1 unspecified atom stereocenters. The van der Waals surface area contributed by atoms with Gasteiger partial charge in [0, 0.05) is 6.54 Å². The van der Waals surface area contributed by atoms with Crippen LogP contribution in [-0.2, 0) is 0 Å². The molecule has 21 heavy (non-hydrogen) atoms. The highest BCUT2D eigenvalue weighted by Gasteiger charge is 2.54. The summed E-state index contributed by atoms with van der Waals surface area (Å²) in [6.07, 6.45) is 2.49. The summed E-state index contributed by atoms with van der Waals surface area (Å²) in [6.45, 7) is 4.29. The highest BCUT2D eigenvalue weighted by molar-refractivity contribution is 5.99. The van der Waals surface area contributed by atoms with Gasteiger partial charge in [-0.1, -0.05) is 12.1 Å². The Kier molecular flexibility index (Phi) is 2.85. The molecule has 1 aromatic carbocycles. The number of methoxy groups -OCH3 is 1. The lowest BCUT2D eigenvalue weighted by atomic mass is 9.72. The van der Waals surface area contributed by atoms with Crippen molar-refractivity contribution >= 4 is 11.6 Å². The fourth-order valence-electron chi connectivity index (χ4n) is 4.34. The molecule has 3 saturated heterocycles. The Hall–Kier alpha value is -1.75. The minimum Gasteiger partial charge on any atom is -0.495 e. The molecule has 0 saturated carbocycles. The van der Waals surface area contributed by atoms with Crippen LogP contribution in [0.25, 0.3) is 0 Å². The van der Waals surface area contributed by atoms with Gasteiger partial charge in [0.25, 0.3) is 0 Å². The second-order valence-corrected chi connectivity index (χ2v) is 6.34. The Morgan fingerprint density at radius 2 is 2.05 bits per heavy atom. The molecule has 5 rings (SSSR count). The number of hydrogen-bond donors (Lipinski definition) is 1. The fraction of sp³-hybridized carbons (Fsp3) is 0.562. The van der Waals surface area contributed by atoms with E-state index in [1.54, 1.807) is 7.11 Å². The summed E-state index contributed by atoms with van der Waals surface area (Å²) in [5.74, 6) is 2.17. The lowest BCUT2D eigenvalue weighted by Crippen LogP contribution is -2.68. The number of hydrogen-bond acceptors (Lipinski definition) is 5. The monoisotopic (exact) mass is 286 g/mol. The van der Waals surface area contributed by atoms with E-state index in [0.29, 0.717) is 11.9 Å². The minimum absolute atomic E-state index is 0.0230. The number of rotatable bonds is 2. The number of nitrogens with two attached hydrogens (primary N) is 1. The van der Waals surface area contributed by atoms with Gasteiger partial charge in [0.2, 0.25) is 0 Å². The second kappa shape index (κ2) is 4.63. The normalized spacial score (nSPS) is 34.3. The molecular formula is C16H22N4O. The average Bonchev–Trinajstić information content (AvgIpc) is 2.84. The molecule has 0 aromatic heterocycles. The van der Waals surface area contributed by atoms with Crippen molar-refractivity contribution in [3.8, 4) is 5.75 Å². The number of ether oxygens (including phenoxy) is 1. The van der Waals surface area contributed by atoms with E-state index in [2.05, 4.69) is 20.9 Å². The van der Waals surface area contributed by atoms with Crippen LogP contribution in [0.5, 0.6) is 5.75 Å². The number of fused-ring (bicyclic) bond motifs is 2. The van der Waals surface area contributed by atoms with Gasteiger partial charge in [-0.15, -0.1) is 0 Å². The molecule has 2 bridgehead atoms. The van der Waals surface area contributed by atoms with E-state index in [9.17, 15) is 0 Å². The van der Waals surface area contributed by atoms with Crippen molar-refractivity contribution in [1.29, 1.82) is 0 Å². The molecule has 4 aliphatic heterocycles. The van der Waals surface area contributed by atoms with Crippen LogP contribution in [0.3, 0.4) is 0 Å². The first-order valence-corrected chi connectivity index (χ1v) is 7.70. The van der Waals surface area contributed by atoms with Crippen LogP contribution < -0.4 is 15.4 Å². The van der Waals surface area contributed by atoms with Crippen molar-refractivity contribution in [1.82, 2.24) is 4.90 Å². The van der Waals surface area contributed by atoms with Crippen LogP contribution in [0, 0.1) is 5.92 Å². The van der Waals surface area contributed by atoms with Gasteiger partial charge in [-0.2, -0.15) is 0 Å². The standard InChI is InChI=1S/C16H22N4O/c1-21-14-5-3-2-4-13(14)20-15(17)18-10-16(20)11-19-8-6-12(16)7-9-19/h2-5,12H,6-11H2,1H3,(H2,17,18). The van der Waals surface area contributed by atoms with Crippen molar-refractivity contribution in [2.24, 2.45) is 16.6 Å². The summed E-state index contributed by atoms with van der Waals surface area (Å²) >= 11 is 0. The molecule has 1 spiro atoms. The predicted molar refractivity (Wildman–Crippen MR) is 83.9 cm³/mol. The maximum Gasteiger partial charge on any atom is 0.196 e. The quantitative estimate of drug-likeness (QED) is 0.890. The Morgan fingerprint density at radius 3 is 2.71 bits per heavy atom. The molecule has 0 radical (unpaired) electrons. The predicted octanol–water partition coefficient (Wildman–Crippen LogP) is 1.29.